The van der Waals surface area contributed by atoms with Crippen molar-refractivity contribution in [1.82, 2.24) is 29.3 Å². The Bertz CT molecular complexity index is 2620. The first-order chi connectivity index (χ1) is 32.5. The van der Waals surface area contributed by atoms with E-state index in [0.29, 0.717) is 5.56 Å². The lowest BCUT2D eigenvalue weighted by atomic mass is 10.2. The van der Waals surface area contributed by atoms with Crippen molar-refractivity contribution in [1.29, 1.82) is 0 Å². The molecule has 4 heterocycles. The molecule has 4 aromatic rings. The van der Waals surface area contributed by atoms with E-state index in [2.05, 4.69) is 20.1 Å². The number of aliphatic hydroxyl groups excluding tert-OH is 2. The van der Waals surface area contributed by atoms with E-state index in [9.17, 15) is 43.3 Å². The number of carbonyl (C=O) groups excluding carboxylic acids is 2. The van der Waals surface area contributed by atoms with E-state index in [1.165, 1.54) is 48.4 Å². The number of hydrogen-bond acceptors (Lipinski definition) is 19. The van der Waals surface area contributed by atoms with E-state index in [4.69, 9.17) is 42.8 Å². The van der Waals surface area contributed by atoms with Crippen molar-refractivity contribution in [3.05, 3.63) is 116 Å². The summed E-state index contributed by atoms with van der Waals surface area (Å²) in [6.45, 7) is 10.5. The van der Waals surface area contributed by atoms with Crippen LogP contribution in [0.5, 0.6) is 11.5 Å². The van der Waals surface area contributed by atoms with Gasteiger partial charge in [-0.1, -0.05) is 36.4 Å². The molecule has 0 bridgehead atoms. The van der Waals surface area contributed by atoms with Gasteiger partial charge in [-0.05, 0) is 78.8 Å². The number of hydrogen-bond donors (Lipinski definition) is 6. The van der Waals surface area contributed by atoms with Gasteiger partial charge in [-0.2, -0.15) is 15.2 Å². The molecular weight excluding hydrogens is 948 g/mol. The van der Waals surface area contributed by atoms with Crippen molar-refractivity contribution < 1.29 is 66.0 Å². The molecule has 10 atom stereocenters. The number of nitrogens with one attached hydrogen (secondary N) is 3. The van der Waals surface area contributed by atoms with Crippen LogP contribution in [0.1, 0.15) is 72.4 Å². The molecule has 0 saturated carbocycles. The van der Waals surface area contributed by atoms with Gasteiger partial charge in [-0.15, -0.1) is 0 Å². The van der Waals surface area contributed by atoms with Gasteiger partial charge >= 0.3 is 38.8 Å². The number of aliphatic hydroxyl groups is 2. The van der Waals surface area contributed by atoms with Crippen LogP contribution < -0.4 is 41.9 Å². The number of nitrogens with two attached hydrogens (primary N) is 1. The maximum absolute atomic E-state index is 13.5. The predicted octanol–water partition coefficient (Wildman–Crippen LogP) is 3.23. The lowest BCUT2D eigenvalue weighted by Crippen LogP contribution is -2.37. The number of anilines is 1. The van der Waals surface area contributed by atoms with Gasteiger partial charge in [0.2, 0.25) is 0 Å². The largest absolute Gasteiger partial charge is 0.462 e. The monoisotopic (exact) mass is 1010 g/mol. The van der Waals surface area contributed by atoms with Crippen molar-refractivity contribution in [2.24, 2.45) is 0 Å². The van der Waals surface area contributed by atoms with Gasteiger partial charge in [0.25, 0.3) is 5.56 Å². The number of ether oxygens (including phenoxy) is 4. The van der Waals surface area contributed by atoms with Gasteiger partial charge in [-0.25, -0.2) is 18.7 Å². The molecule has 0 spiro atoms. The summed E-state index contributed by atoms with van der Waals surface area (Å²) in [4.78, 5) is 66.2. The third-order valence-electron chi connectivity index (χ3n) is 9.90. The van der Waals surface area contributed by atoms with Crippen LogP contribution in [-0.4, -0.2) is 103 Å². The normalized spacial score (nSPS) is 22.7. The van der Waals surface area contributed by atoms with Crippen LogP contribution in [0.25, 0.3) is 0 Å². The van der Waals surface area contributed by atoms with Crippen LogP contribution in [-0.2, 0) is 46.7 Å². The quantitative estimate of drug-likeness (QED) is 0.0547. The lowest BCUT2D eigenvalue weighted by molar-refractivity contribution is -0.150. The number of rotatable bonds is 20. The molecule has 0 amide bonds. The molecule has 2 aliphatic heterocycles. The molecule has 0 radical (unpaired) electrons. The second-order valence-electron chi connectivity index (χ2n) is 16.5. The fourth-order valence-corrected chi connectivity index (χ4v) is 9.53. The highest BCUT2D eigenvalue weighted by atomic mass is 31.2. The number of nitrogen functional groups attached to an aromatic ring is 1. The first-order valence-electron chi connectivity index (χ1n) is 21.8. The molecule has 378 valence electrons. The summed E-state index contributed by atoms with van der Waals surface area (Å²) < 4.78 is 73.4. The number of esters is 2. The maximum Gasteiger partial charge on any atom is 0.459 e. The zero-order valence-corrected chi connectivity index (χ0v) is 40.7. The molecule has 69 heavy (non-hydrogen) atoms. The summed E-state index contributed by atoms with van der Waals surface area (Å²) >= 11 is 0. The van der Waals surface area contributed by atoms with Gasteiger partial charge in [-0.3, -0.25) is 37.5 Å². The third-order valence-corrected chi connectivity index (χ3v) is 13.2. The summed E-state index contributed by atoms with van der Waals surface area (Å²) in [5.74, 6) is -0.745. The van der Waals surface area contributed by atoms with Crippen LogP contribution in [0.2, 0.25) is 0 Å². The average Bonchev–Trinajstić information content (AvgIpc) is 3.84. The Morgan fingerprint density at radius 3 is 1.61 bits per heavy atom. The minimum Gasteiger partial charge on any atom is -0.462 e. The molecule has 0 aliphatic carbocycles. The number of aryl methyl sites for hydroxylation is 1. The molecule has 6 rings (SSSR count). The Hall–Kier alpha value is -5.52. The van der Waals surface area contributed by atoms with E-state index in [1.807, 2.05) is 0 Å². The van der Waals surface area contributed by atoms with E-state index >= 15 is 0 Å². The minimum absolute atomic E-state index is 0.0355. The average molecular weight is 1010 g/mol. The number of aromatic nitrogens is 4. The van der Waals surface area contributed by atoms with Crippen molar-refractivity contribution in [2.45, 2.75) is 122 Å². The summed E-state index contributed by atoms with van der Waals surface area (Å²) in [6.07, 6.45) is -3.53. The fourth-order valence-electron chi connectivity index (χ4n) is 6.53. The zero-order valence-electron chi connectivity index (χ0n) is 38.9. The Morgan fingerprint density at radius 1 is 0.754 bits per heavy atom. The summed E-state index contributed by atoms with van der Waals surface area (Å²) in [5, 5.41) is 26.0. The second-order valence-corrected chi connectivity index (χ2v) is 19.8. The number of carbonyl (C=O) groups is 2. The SMILES string of the molecule is CC(C)OC(=O)[C@@H](C)NP(=O)(OC[C@H]1O[C@@H](n2ccc(N)nc2=O)CC1O)Oc1ccccc1.Cc1cn([C@H]2CC(O)[C@@H](COP(=O)(N[C@H](C)C(=O)OC(C)C)Oc3ccccc3)O2)c(=O)[nH]c1=O. The van der Waals surface area contributed by atoms with Gasteiger partial charge in [0.05, 0.1) is 37.6 Å². The molecule has 24 nitrogen and oxygen atoms in total. The number of para-hydroxylation sites is 2. The van der Waals surface area contributed by atoms with Crippen molar-refractivity contribution in [3.63, 3.8) is 0 Å². The Morgan fingerprint density at radius 2 is 1.19 bits per heavy atom. The van der Waals surface area contributed by atoms with E-state index in [-0.39, 0.29) is 55.6 Å². The van der Waals surface area contributed by atoms with Gasteiger partial charge in [0.1, 0.15) is 54.1 Å². The smallest absolute Gasteiger partial charge is 0.459 e. The number of aromatic amines is 1. The summed E-state index contributed by atoms with van der Waals surface area (Å²) in [6, 6.07) is 15.9. The van der Waals surface area contributed by atoms with Crippen LogP contribution in [0.3, 0.4) is 0 Å². The molecule has 7 N–H and O–H groups in total. The molecule has 2 aliphatic rings. The van der Waals surface area contributed by atoms with Crippen LogP contribution in [0, 0.1) is 6.92 Å². The number of nitrogens with zero attached hydrogens (tertiary/aromatic N) is 3. The van der Waals surface area contributed by atoms with Gasteiger partial charge in [0, 0.05) is 30.8 Å². The third kappa shape index (κ3) is 16.0. The van der Waals surface area contributed by atoms with Crippen LogP contribution in [0.15, 0.2) is 93.5 Å². The predicted molar refractivity (Wildman–Crippen MR) is 247 cm³/mol. The topological polar surface area (TPSA) is 322 Å². The Balaban J connectivity index is 0.000000258. The van der Waals surface area contributed by atoms with E-state index < -0.39 is 93.3 Å². The van der Waals surface area contributed by atoms with E-state index in [0.717, 1.165) is 0 Å². The molecule has 2 aromatic heterocycles. The highest BCUT2D eigenvalue weighted by molar-refractivity contribution is 7.52. The van der Waals surface area contributed by atoms with Crippen molar-refractivity contribution in [3.8, 4) is 11.5 Å². The van der Waals surface area contributed by atoms with Gasteiger partial charge in [0.15, 0.2) is 0 Å². The van der Waals surface area contributed by atoms with Crippen LogP contribution in [0.4, 0.5) is 5.82 Å². The Labute approximate surface area is 396 Å². The standard InChI is InChI=1S/C22H30N3O9P.C21H29N4O8P/c1-13(2)32-21(28)15(4)24-35(30,34-16-8-6-5-7-9-16)31-12-18-17(26)10-19(33-18)25-11-14(3)20(27)23-22(25)29;1-13(2)31-20(27)14(3)24-34(29,33-15-7-5-4-6-8-15)30-12-17-16(26)11-19(32-17)25-10-9-18(22)23-21(25)28/h5-9,11,13,15,17-19,26H,10,12H2,1-4H3,(H,24,30)(H,23,27,29);4-10,13-14,16-17,19,26H,11-12H2,1-3H3,(H,24,29)(H2,22,23,28)/t15-,17?,18-,19-,35?;14-,16?,17-,19-,34?/m11/s1. The van der Waals surface area contributed by atoms with Crippen LogP contribution >= 0.6 is 15.5 Å². The molecular formula is C43H59N7O17P2. The molecule has 26 heteroatoms. The highest BCUT2D eigenvalue weighted by Gasteiger charge is 2.41. The molecule has 4 unspecified atom stereocenters. The minimum atomic E-state index is -4.15. The van der Waals surface area contributed by atoms with E-state index in [1.54, 1.807) is 88.4 Å². The summed E-state index contributed by atoms with van der Waals surface area (Å²) in [7, 11) is -8.27. The second kappa shape index (κ2) is 24.4. The molecule has 2 fully saturated rings. The maximum atomic E-state index is 13.5. The first-order valence-corrected chi connectivity index (χ1v) is 24.9. The van der Waals surface area contributed by atoms with Gasteiger partial charge < -0.3 is 43.9 Å². The molecule has 2 saturated heterocycles. The first kappa shape index (κ1) is 54.4. The molecule has 2 aromatic carbocycles. The number of benzene rings is 2. The Kier molecular flexibility index (Phi) is 19.2. The van der Waals surface area contributed by atoms with Crippen molar-refractivity contribution in [2.75, 3.05) is 18.9 Å². The fraction of sp³-hybridized carbons (Fsp3) is 0.488. The summed E-state index contributed by atoms with van der Waals surface area (Å²) in [5.41, 5.74) is 3.98. The highest BCUT2D eigenvalue weighted by Crippen LogP contribution is 2.47. The van der Waals surface area contributed by atoms with Crippen molar-refractivity contribution >= 4 is 33.2 Å². The lowest BCUT2D eigenvalue weighted by Gasteiger charge is -2.25. The number of H-pyrrole nitrogens is 1. The zero-order chi connectivity index (χ0) is 50.6.